The van der Waals surface area contributed by atoms with Crippen molar-refractivity contribution in [1.29, 1.82) is 0 Å². The lowest BCUT2D eigenvalue weighted by Crippen LogP contribution is -2.04. The van der Waals surface area contributed by atoms with Crippen molar-refractivity contribution >= 4 is 56.6 Å². The van der Waals surface area contributed by atoms with Crippen LogP contribution in [0.4, 0.5) is 17.3 Å². The number of aromatic nitrogens is 2. The first-order chi connectivity index (χ1) is 10.0. The summed E-state index contributed by atoms with van der Waals surface area (Å²) in [7, 11) is 0. The molecule has 0 bridgehead atoms. The van der Waals surface area contributed by atoms with Crippen molar-refractivity contribution in [3.8, 4) is 0 Å². The molecular weight excluding hydrogens is 372 g/mol. The molecule has 0 saturated carbocycles. The number of nitrogens with zero attached hydrogens (tertiary/aromatic N) is 2. The van der Waals surface area contributed by atoms with Crippen LogP contribution < -0.4 is 10.6 Å². The number of anilines is 3. The predicted octanol–water partition coefficient (Wildman–Crippen LogP) is 5.10. The molecule has 0 amide bonds. The number of rotatable bonds is 5. The van der Waals surface area contributed by atoms with Gasteiger partial charge in [0.25, 0.3) is 0 Å². The SMILES string of the molecule is CCNc1cc(Nc2cc(Cl)c(C)cc2Br)nc(SC)n1. The Bertz CT molecular complexity index is 651. The third-order valence-corrected chi connectivity index (χ3v) is 4.37. The van der Waals surface area contributed by atoms with E-state index in [4.69, 9.17) is 11.6 Å². The van der Waals surface area contributed by atoms with E-state index in [0.717, 1.165) is 33.9 Å². The van der Waals surface area contributed by atoms with Gasteiger partial charge in [0.05, 0.1) is 5.69 Å². The van der Waals surface area contributed by atoms with Crippen molar-refractivity contribution < 1.29 is 0 Å². The van der Waals surface area contributed by atoms with Gasteiger partial charge < -0.3 is 10.6 Å². The van der Waals surface area contributed by atoms with Crippen LogP contribution in [0, 0.1) is 6.92 Å². The van der Waals surface area contributed by atoms with Crippen LogP contribution in [0.2, 0.25) is 5.02 Å². The third kappa shape index (κ3) is 4.25. The smallest absolute Gasteiger partial charge is 0.191 e. The zero-order valence-corrected chi connectivity index (χ0v) is 15.2. The first-order valence-corrected chi connectivity index (χ1v) is 8.82. The maximum Gasteiger partial charge on any atom is 0.191 e. The average molecular weight is 388 g/mol. The van der Waals surface area contributed by atoms with Gasteiger partial charge >= 0.3 is 0 Å². The van der Waals surface area contributed by atoms with E-state index in [1.54, 1.807) is 0 Å². The van der Waals surface area contributed by atoms with Crippen LogP contribution in [-0.2, 0) is 0 Å². The van der Waals surface area contributed by atoms with E-state index in [2.05, 4.69) is 36.5 Å². The Morgan fingerprint density at radius 2 is 1.95 bits per heavy atom. The Morgan fingerprint density at radius 3 is 2.62 bits per heavy atom. The van der Waals surface area contributed by atoms with Crippen molar-refractivity contribution in [3.05, 3.63) is 33.3 Å². The number of benzene rings is 1. The summed E-state index contributed by atoms with van der Waals surface area (Å²) in [5.74, 6) is 1.53. The molecule has 0 radical (unpaired) electrons. The lowest BCUT2D eigenvalue weighted by molar-refractivity contribution is 0.967. The van der Waals surface area contributed by atoms with E-state index in [1.165, 1.54) is 11.8 Å². The Labute approximate surface area is 142 Å². The molecule has 1 heterocycles. The Morgan fingerprint density at radius 1 is 1.24 bits per heavy atom. The molecule has 1 aromatic heterocycles. The summed E-state index contributed by atoms with van der Waals surface area (Å²) >= 11 is 11.2. The van der Waals surface area contributed by atoms with E-state index in [-0.39, 0.29) is 0 Å². The summed E-state index contributed by atoms with van der Waals surface area (Å²) < 4.78 is 0.943. The van der Waals surface area contributed by atoms with E-state index >= 15 is 0 Å². The highest BCUT2D eigenvalue weighted by atomic mass is 79.9. The Hall–Kier alpha value is -0.980. The lowest BCUT2D eigenvalue weighted by atomic mass is 10.2. The maximum atomic E-state index is 6.18. The first kappa shape index (κ1) is 16.4. The molecule has 1 aromatic carbocycles. The van der Waals surface area contributed by atoms with Gasteiger partial charge in [-0.2, -0.15) is 0 Å². The van der Waals surface area contributed by atoms with Gasteiger partial charge in [-0.1, -0.05) is 23.4 Å². The standard InChI is InChI=1S/C14H16BrClN4S/c1-4-17-12-7-13(20-14(19-12)21-3)18-11-6-10(16)8(2)5-9(11)15/h5-7H,4H2,1-3H3,(H2,17,18,19,20). The second kappa shape index (κ2) is 7.33. The van der Waals surface area contributed by atoms with Crippen LogP contribution in [0.3, 0.4) is 0 Å². The molecule has 2 aromatic rings. The van der Waals surface area contributed by atoms with Crippen molar-refractivity contribution in [2.24, 2.45) is 0 Å². The van der Waals surface area contributed by atoms with Crippen molar-refractivity contribution in [2.45, 2.75) is 19.0 Å². The van der Waals surface area contributed by atoms with E-state index in [1.807, 2.05) is 38.3 Å². The summed E-state index contributed by atoms with van der Waals surface area (Å²) in [6, 6.07) is 5.74. The molecule has 0 spiro atoms. The molecular formula is C14H16BrClN4S. The second-order valence-electron chi connectivity index (χ2n) is 4.36. The number of thioether (sulfide) groups is 1. The molecule has 4 nitrogen and oxygen atoms in total. The molecule has 0 unspecified atom stereocenters. The van der Waals surface area contributed by atoms with Gasteiger partial charge in [-0.3, -0.25) is 0 Å². The summed E-state index contributed by atoms with van der Waals surface area (Å²) in [4.78, 5) is 8.86. The molecule has 112 valence electrons. The average Bonchev–Trinajstić information content (AvgIpc) is 2.45. The minimum atomic E-state index is 0.713. The summed E-state index contributed by atoms with van der Waals surface area (Å²) in [5.41, 5.74) is 1.90. The molecule has 2 rings (SSSR count). The van der Waals surface area contributed by atoms with Gasteiger partial charge in [0.1, 0.15) is 11.6 Å². The molecule has 0 aliphatic heterocycles. The topological polar surface area (TPSA) is 49.8 Å². The monoisotopic (exact) mass is 386 g/mol. The largest absolute Gasteiger partial charge is 0.370 e. The molecule has 0 fully saturated rings. The predicted molar refractivity (Wildman–Crippen MR) is 95.1 cm³/mol. The van der Waals surface area contributed by atoms with E-state index in [0.29, 0.717) is 10.2 Å². The van der Waals surface area contributed by atoms with Crippen LogP contribution in [0.25, 0.3) is 0 Å². The zero-order valence-electron chi connectivity index (χ0n) is 12.0. The van der Waals surface area contributed by atoms with Crippen molar-refractivity contribution in [1.82, 2.24) is 9.97 Å². The van der Waals surface area contributed by atoms with Gasteiger partial charge in [-0.25, -0.2) is 9.97 Å². The third-order valence-electron chi connectivity index (χ3n) is 2.76. The number of hydrogen-bond donors (Lipinski definition) is 2. The highest BCUT2D eigenvalue weighted by Gasteiger charge is 2.08. The fraction of sp³-hybridized carbons (Fsp3) is 0.286. The highest BCUT2D eigenvalue weighted by molar-refractivity contribution is 9.10. The van der Waals surface area contributed by atoms with Crippen molar-refractivity contribution in [3.63, 3.8) is 0 Å². The van der Waals surface area contributed by atoms with Crippen LogP contribution in [-0.4, -0.2) is 22.8 Å². The fourth-order valence-electron chi connectivity index (χ4n) is 1.73. The minimum absolute atomic E-state index is 0.713. The second-order valence-corrected chi connectivity index (χ2v) is 6.40. The number of nitrogens with one attached hydrogen (secondary N) is 2. The zero-order chi connectivity index (χ0) is 15.4. The lowest BCUT2D eigenvalue weighted by Gasteiger charge is -2.12. The van der Waals surface area contributed by atoms with E-state index < -0.39 is 0 Å². The van der Waals surface area contributed by atoms with Gasteiger partial charge in [-0.05, 0) is 53.7 Å². The van der Waals surface area contributed by atoms with Gasteiger partial charge in [-0.15, -0.1) is 0 Å². The molecule has 0 aliphatic rings. The normalized spacial score (nSPS) is 10.5. The molecule has 0 atom stereocenters. The van der Waals surface area contributed by atoms with E-state index in [9.17, 15) is 0 Å². The fourth-order valence-corrected chi connectivity index (χ4v) is 2.83. The minimum Gasteiger partial charge on any atom is -0.370 e. The van der Waals surface area contributed by atoms with Crippen LogP contribution in [0.1, 0.15) is 12.5 Å². The quantitative estimate of drug-likeness (QED) is 0.552. The van der Waals surface area contributed by atoms with Crippen molar-refractivity contribution in [2.75, 3.05) is 23.4 Å². The summed E-state index contributed by atoms with van der Waals surface area (Å²) in [6.07, 6.45) is 1.95. The van der Waals surface area contributed by atoms with Crippen LogP contribution >= 0.6 is 39.3 Å². The van der Waals surface area contributed by atoms with Crippen LogP contribution in [0.15, 0.2) is 27.8 Å². The van der Waals surface area contributed by atoms with Gasteiger partial charge in [0, 0.05) is 22.1 Å². The molecule has 0 aliphatic carbocycles. The Balaban J connectivity index is 2.34. The van der Waals surface area contributed by atoms with Gasteiger partial charge in [0.2, 0.25) is 0 Å². The molecule has 7 heteroatoms. The summed E-state index contributed by atoms with van der Waals surface area (Å²) in [6.45, 7) is 4.81. The number of halogens is 2. The molecule has 0 saturated heterocycles. The molecule has 21 heavy (non-hydrogen) atoms. The van der Waals surface area contributed by atoms with Gasteiger partial charge in [0.15, 0.2) is 5.16 Å². The number of hydrogen-bond acceptors (Lipinski definition) is 5. The number of aryl methyl sites for hydroxylation is 1. The van der Waals surface area contributed by atoms with Crippen LogP contribution in [0.5, 0.6) is 0 Å². The highest BCUT2D eigenvalue weighted by Crippen LogP contribution is 2.31. The first-order valence-electron chi connectivity index (χ1n) is 6.43. The Kier molecular flexibility index (Phi) is 5.72. The molecule has 2 N–H and O–H groups in total. The summed E-state index contributed by atoms with van der Waals surface area (Å²) in [5, 5.41) is 7.91. The maximum absolute atomic E-state index is 6.18.